The average Bonchev–Trinajstić information content (AvgIpc) is 0.811. The van der Waals surface area contributed by atoms with Crippen LogP contribution in [0.25, 0.3) is 0 Å². The molecule has 0 heterocycles. The van der Waals surface area contributed by atoms with Gasteiger partial charge < -0.3 is 15.0 Å². The van der Waals surface area contributed by atoms with Crippen LogP contribution in [0.4, 0.5) is 4.79 Å². The molecule has 0 spiro atoms. The van der Waals surface area contributed by atoms with E-state index in [1.807, 2.05) is 0 Å². The summed E-state index contributed by atoms with van der Waals surface area (Å²) in [5.41, 5.74) is 0. The number of carboxylic acid groups (broad SMARTS) is 2. The van der Waals surface area contributed by atoms with Crippen molar-refractivity contribution in [2.75, 3.05) is 0 Å². The monoisotopic (exact) mass is 175 g/mol. The van der Waals surface area contributed by atoms with Crippen molar-refractivity contribution >= 4 is 6.16 Å². The Morgan fingerprint density at radius 1 is 1.33 bits per heavy atom. The molecule has 0 amide bonds. The molecule has 0 aliphatic carbocycles. The van der Waals surface area contributed by atoms with Gasteiger partial charge in [-0.05, 0) is 6.16 Å². The van der Waals surface area contributed by atoms with E-state index in [-0.39, 0.29) is 33.8 Å². The van der Waals surface area contributed by atoms with Gasteiger partial charge in [-0.2, -0.15) is 0 Å². The van der Waals surface area contributed by atoms with Crippen molar-refractivity contribution in [2.45, 2.75) is 0 Å². The summed E-state index contributed by atoms with van der Waals surface area (Å²) in [5.74, 6) is 0. The molecule has 0 rings (SSSR count). The van der Waals surface area contributed by atoms with Crippen molar-refractivity contribution in [3.63, 3.8) is 0 Å². The third-order valence-electron chi connectivity index (χ3n) is 0. The van der Waals surface area contributed by atoms with E-state index in [0.717, 1.165) is 0 Å². The van der Waals surface area contributed by atoms with Crippen LogP contribution in [0.3, 0.4) is 0 Å². The number of hydrogen-bond donors (Lipinski definition) is 0. The molecule has 5 heteroatoms. The van der Waals surface area contributed by atoms with E-state index in [2.05, 4.69) is 0 Å². The first kappa shape index (κ1) is 16.3. The molecule has 0 saturated carbocycles. The van der Waals surface area contributed by atoms with Crippen LogP contribution in [0.5, 0.6) is 0 Å². The maximum atomic E-state index is 8.33. The number of rotatable bonds is 0. The van der Waals surface area contributed by atoms with E-state index < -0.39 is 6.16 Å². The fourth-order valence-corrected chi connectivity index (χ4v) is 0. The molecule has 1 radical (unpaired) electrons. The van der Waals surface area contributed by atoms with Gasteiger partial charge in [0.05, 0.1) is 0 Å². The van der Waals surface area contributed by atoms with Crippen LogP contribution in [-0.4, -0.2) is 6.16 Å². The fourth-order valence-electron chi connectivity index (χ4n) is 0. The standard InChI is InChI=1S/CH2O3.Co.Fe/c2-1(3)4;;/h(H2,2,3,4);;/q;+2;/p-2. The molecule has 0 aliphatic rings. The summed E-state index contributed by atoms with van der Waals surface area (Å²) in [5, 5.41) is 16.7. The minimum Gasteiger partial charge on any atom is -0.652 e. The third kappa shape index (κ3) is 533. The zero-order chi connectivity index (χ0) is 3.58. The SMILES string of the molecule is O=C([O-])[O-].[Co+2].[Fe]. The molecular formula is CCoFeO3. The van der Waals surface area contributed by atoms with Crippen molar-refractivity contribution in [1.29, 1.82) is 0 Å². The Kier molecular flexibility index (Phi) is 24.4. The van der Waals surface area contributed by atoms with Gasteiger partial charge in [-0.15, -0.1) is 0 Å². The molecule has 0 atom stereocenters. The van der Waals surface area contributed by atoms with Crippen LogP contribution in [-0.2, 0) is 33.8 Å². The van der Waals surface area contributed by atoms with Crippen LogP contribution >= 0.6 is 0 Å². The summed E-state index contributed by atoms with van der Waals surface area (Å²) in [6.07, 6.45) is -2.33. The second-order valence-corrected chi connectivity index (χ2v) is 0.250. The number of hydrogen-bond acceptors (Lipinski definition) is 3. The van der Waals surface area contributed by atoms with E-state index in [1.54, 1.807) is 0 Å². The van der Waals surface area contributed by atoms with Crippen LogP contribution in [0.2, 0.25) is 0 Å². The van der Waals surface area contributed by atoms with Crippen LogP contribution in [0, 0.1) is 0 Å². The third-order valence-corrected chi connectivity index (χ3v) is 0. The van der Waals surface area contributed by atoms with Crippen molar-refractivity contribution in [2.24, 2.45) is 0 Å². The van der Waals surface area contributed by atoms with Gasteiger partial charge in [0.25, 0.3) is 0 Å². The van der Waals surface area contributed by atoms with Gasteiger partial charge in [-0.25, -0.2) is 0 Å². The molecule has 3 nitrogen and oxygen atoms in total. The van der Waals surface area contributed by atoms with Gasteiger partial charge in [-0.1, -0.05) is 0 Å². The van der Waals surface area contributed by atoms with Gasteiger partial charge >= 0.3 is 16.8 Å². The van der Waals surface area contributed by atoms with E-state index >= 15 is 0 Å². The molecule has 0 N–H and O–H groups in total. The number of carbonyl (C=O) groups excluding carboxylic acids is 1. The summed E-state index contributed by atoms with van der Waals surface area (Å²) in [6.45, 7) is 0. The van der Waals surface area contributed by atoms with E-state index in [9.17, 15) is 0 Å². The average molecular weight is 175 g/mol. The summed E-state index contributed by atoms with van der Waals surface area (Å²) in [7, 11) is 0. The van der Waals surface area contributed by atoms with Gasteiger partial charge in [0, 0.05) is 17.1 Å². The van der Waals surface area contributed by atoms with Crippen LogP contribution in [0.1, 0.15) is 0 Å². The summed E-state index contributed by atoms with van der Waals surface area (Å²) >= 11 is 0. The van der Waals surface area contributed by atoms with Crippen molar-refractivity contribution < 1.29 is 48.9 Å². The molecule has 0 aromatic carbocycles. The first-order valence-electron chi connectivity index (χ1n) is 0.612. The maximum Gasteiger partial charge on any atom is 2.00 e. The maximum absolute atomic E-state index is 8.33. The second-order valence-electron chi connectivity index (χ2n) is 0.250. The molecule has 39 valence electrons. The molecular weight excluding hydrogens is 175 g/mol. The van der Waals surface area contributed by atoms with Gasteiger partial charge in [0.1, 0.15) is 0 Å². The van der Waals surface area contributed by atoms with Crippen molar-refractivity contribution in [3.8, 4) is 0 Å². The summed E-state index contributed by atoms with van der Waals surface area (Å²) in [6, 6.07) is 0. The number of carbonyl (C=O) groups is 1. The first-order valence-corrected chi connectivity index (χ1v) is 0.612. The van der Waals surface area contributed by atoms with Gasteiger partial charge in [0.15, 0.2) is 0 Å². The van der Waals surface area contributed by atoms with Crippen LogP contribution < -0.4 is 10.2 Å². The molecule has 0 aromatic heterocycles. The predicted octanol–water partition coefficient (Wildman–Crippen LogP) is -2.45. The molecule has 0 fully saturated rings. The molecule has 0 unspecified atom stereocenters. The predicted molar refractivity (Wildman–Crippen MR) is 5.40 cm³/mol. The Bertz CT molecular complexity index is 33.8. The quantitative estimate of drug-likeness (QED) is 0.383. The van der Waals surface area contributed by atoms with E-state index in [0.29, 0.717) is 0 Å². The Balaban J connectivity index is -0.0000000450. The van der Waals surface area contributed by atoms with Crippen molar-refractivity contribution in [1.82, 2.24) is 0 Å². The molecule has 0 aliphatic heterocycles. The Morgan fingerprint density at radius 3 is 1.33 bits per heavy atom. The Hall–Kier alpha value is 0.296. The summed E-state index contributed by atoms with van der Waals surface area (Å²) < 4.78 is 0. The molecule has 6 heavy (non-hydrogen) atoms. The van der Waals surface area contributed by atoms with Crippen molar-refractivity contribution in [3.05, 3.63) is 0 Å². The Morgan fingerprint density at radius 2 is 1.33 bits per heavy atom. The molecule has 0 saturated heterocycles. The summed E-state index contributed by atoms with van der Waals surface area (Å²) in [4.78, 5) is 8.33. The van der Waals surface area contributed by atoms with Gasteiger partial charge in [0.2, 0.25) is 0 Å². The molecule has 0 aromatic rings. The Labute approximate surface area is 55.4 Å². The normalized spacial score (nSPS) is 4.00. The zero-order valence-electron chi connectivity index (χ0n) is 2.41. The minimum absolute atomic E-state index is 0. The molecule has 0 bridgehead atoms. The van der Waals surface area contributed by atoms with E-state index in [1.165, 1.54) is 0 Å². The topological polar surface area (TPSA) is 63.2 Å². The first-order chi connectivity index (χ1) is 1.73. The largest absolute Gasteiger partial charge is 2.00 e. The second kappa shape index (κ2) is 9.00. The zero-order valence-corrected chi connectivity index (χ0v) is 4.56. The fraction of sp³-hybridized carbons (Fsp3) is 0. The van der Waals surface area contributed by atoms with Gasteiger partial charge in [-0.3, -0.25) is 0 Å². The van der Waals surface area contributed by atoms with E-state index in [4.69, 9.17) is 15.0 Å². The minimum atomic E-state index is -2.33. The van der Waals surface area contributed by atoms with Crippen LogP contribution in [0.15, 0.2) is 0 Å². The smallest absolute Gasteiger partial charge is 0.652 e.